The van der Waals surface area contributed by atoms with E-state index in [1.165, 1.54) is 7.11 Å². The molecule has 0 unspecified atom stereocenters. The van der Waals surface area contributed by atoms with E-state index in [9.17, 15) is 18.0 Å². The van der Waals surface area contributed by atoms with Crippen molar-refractivity contribution in [2.24, 2.45) is 0 Å². The normalized spacial score (nSPS) is 14.7. The molecule has 0 radical (unpaired) electrons. The van der Waals surface area contributed by atoms with Crippen molar-refractivity contribution in [1.82, 2.24) is 9.97 Å². The van der Waals surface area contributed by atoms with Gasteiger partial charge in [-0.15, -0.1) is 11.3 Å². The van der Waals surface area contributed by atoms with Gasteiger partial charge in [-0.3, -0.25) is 0 Å². The second-order valence-electron chi connectivity index (χ2n) is 8.01. The number of hydrogen-bond acceptors (Lipinski definition) is 9. The summed E-state index contributed by atoms with van der Waals surface area (Å²) in [6, 6.07) is 6.30. The van der Waals surface area contributed by atoms with Crippen LogP contribution in [0.2, 0.25) is 5.02 Å². The maximum absolute atomic E-state index is 13.4. The van der Waals surface area contributed by atoms with Gasteiger partial charge in [-0.05, 0) is 30.7 Å². The lowest BCUT2D eigenvalue weighted by Gasteiger charge is -2.31. The number of piperidine rings is 1. The van der Waals surface area contributed by atoms with E-state index in [0.717, 1.165) is 11.6 Å². The van der Waals surface area contributed by atoms with Gasteiger partial charge in [-0.25, -0.2) is 9.78 Å². The molecule has 2 aromatic heterocycles. The molecule has 0 bridgehead atoms. The second kappa shape index (κ2) is 11.0. The van der Waals surface area contributed by atoms with Crippen molar-refractivity contribution >= 4 is 51.1 Å². The Bertz CT molecular complexity index is 1230. The fourth-order valence-corrected chi connectivity index (χ4v) is 4.97. The number of hydrogen-bond donors (Lipinski definition) is 1. The van der Waals surface area contributed by atoms with Crippen LogP contribution in [0.3, 0.4) is 0 Å². The zero-order valence-corrected chi connectivity index (χ0v) is 21.1. The Morgan fingerprint density at radius 1 is 1.25 bits per heavy atom. The SMILES string of the molecule is CCOC(=O)OC1CCN(c2nc(NCc3ccc(OC)c(Cl)c3)c3cc(C(F)(F)F)sc3n2)CC1. The molecule has 1 saturated heterocycles. The highest BCUT2D eigenvalue weighted by atomic mass is 35.5. The number of halogens is 4. The molecule has 194 valence electrons. The fourth-order valence-electron chi connectivity index (χ4n) is 3.79. The third-order valence-electron chi connectivity index (χ3n) is 5.59. The quantitative estimate of drug-likeness (QED) is 0.356. The van der Waals surface area contributed by atoms with Crippen molar-refractivity contribution in [2.75, 3.05) is 37.0 Å². The van der Waals surface area contributed by atoms with Crippen LogP contribution in [0.15, 0.2) is 24.3 Å². The minimum absolute atomic E-state index is 0.227. The Balaban J connectivity index is 1.57. The van der Waals surface area contributed by atoms with Gasteiger partial charge >= 0.3 is 12.3 Å². The molecule has 3 aromatic rings. The molecular formula is C23H24ClF3N4O4S. The molecule has 1 aliphatic rings. The number of nitrogens with one attached hydrogen (secondary N) is 1. The van der Waals surface area contributed by atoms with Gasteiger partial charge in [-0.2, -0.15) is 18.2 Å². The molecule has 1 aromatic carbocycles. The number of benzene rings is 1. The average molecular weight is 545 g/mol. The van der Waals surface area contributed by atoms with Gasteiger partial charge in [-0.1, -0.05) is 17.7 Å². The van der Waals surface area contributed by atoms with Crippen LogP contribution < -0.4 is 15.0 Å². The fraction of sp³-hybridized carbons (Fsp3) is 0.435. The van der Waals surface area contributed by atoms with E-state index >= 15 is 0 Å². The lowest BCUT2D eigenvalue weighted by molar-refractivity contribution is -0.134. The van der Waals surface area contributed by atoms with Crippen molar-refractivity contribution < 1.29 is 32.2 Å². The summed E-state index contributed by atoms with van der Waals surface area (Å²) in [5.41, 5.74) is 0.803. The number of nitrogens with zero attached hydrogens (tertiary/aromatic N) is 3. The van der Waals surface area contributed by atoms with Crippen molar-refractivity contribution in [1.29, 1.82) is 0 Å². The predicted molar refractivity (Wildman–Crippen MR) is 131 cm³/mol. The summed E-state index contributed by atoms with van der Waals surface area (Å²) in [6.45, 7) is 3.15. The first-order valence-electron chi connectivity index (χ1n) is 11.2. The maximum atomic E-state index is 13.4. The van der Waals surface area contributed by atoms with Gasteiger partial charge in [0.15, 0.2) is 0 Å². The number of thiophene rings is 1. The van der Waals surface area contributed by atoms with E-state index in [4.69, 9.17) is 25.8 Å². The molecule has 1 N–H and O–H groups in total. The Morgan fingerprint density at radius 2 is 2.00 bits per heavy atom. The maximum Gasteiger partial charge on any atom is 0.508 e. The molecule has 1 aliphatic heterocycles. The third-order valence-corrected chi connectivity index (χ3v) is 6.96. The number of fused-ring (bicyclic) bond motifs is 1. The number of carbonyl (C=O) groups excluding carboxylic acids is 1. The zero-order valence-electron chi connectivity index (χ0n) is 19.5. The number of anilines is 2. The third kappa shape index (κ3) is 6.04. The van der Waals surface area contributed by atoms with Gasteiger partial charge < -0.3 is 24.4 Å². The summed E-state index contributed by atoms with van der Waals surface area (Å²) in [6.07, 6.45) is -4.47. The monoisotopic (exact) mass is 544 g/mol. The van der Waals surface area contributed by atoms with E-state index in [2.05, 4.69) is 15.3 Å². The van der Waals surface area contributed by atoms with Gasteiger partial charge in [0.25, 0.3) is 0 Å². The van der Waals surface area contributed by atoms with Crippen molar-refractivity contribution in [3.63, 3.8) is 0 Å². The summed E-state index contributed by atoms with van der Waals surface area (Å²) in [5.74, 6) is 1.12. The van der Waals surface area contributed by atoms with E-state index < -0.39 is 17.2 Å². The molecule has 0 amide bonds. The summed E-state index contributed by atoms with van der Waals surface area (Å²) in [7, 11) is 1.51. The first-order chi connectivity index (χ1) is 17.2. The molecule has 4 rings (SSSR count). The van der Waals surface area contributed by atoms with Gasteiger partial charge in [0.1, 0.15) is 27.4 Å². The largest absolute Gasteiger partial charge is 0.508 e. The smallest absolute Gasteiger partial charge is 0.495 e. The van der Waals surface area contributed by atoms with Crippen LogP contribution in [0.4, 0.5) is 29.7 Å². The molecule has 1 fully saturated rings. The molecular weight excluding hydrogens is 521 g/mol. The summed E-state index contributed by atoms with van der Waals surface area (Å²) in [4.78, 5) is 21.9. The highest BCUT2D eigenvalue weighted by Gasteiger charge is 2.34. The highest BCUT2D eigenvalue weighted by molar-refractivity contribution is 7.18. The number of aromatic nitrogens is 2. The van der Waals surface area contributed by atoms with Gasteiger partial charge in [0.05, 0.1) is 24.1 Å². The molecule has 0 spiro atoms. The van der Waals surface area contributed by atoms with E-state index in [1.807, 2.05) is 4.90 Å². The lowest BCUT2D eigenvalue weighted by atomic mass is 10.1. The number of ether oxygens (including phenoxy) is 3. The highest BCUT2D eigenvalue weighted by Crippen LogP contribution is 2.40. The summed E-state index contributed by atoms with van der Waals surface area (Å²) in [5, 5.41) is 3.85. The van der Waals surface area contributed by atoms with Gasteiger partial charge in [0.2, 0.25) is 5.95 Å². The standard InChI is InChI=1S/C23H24ClF3N4O4S/c1-3-34-22(32)35-14-6-8-31(9-7-14)21-29-19(15-11-18(23(25,26)27)36-20(15)30-21)28-12-13-4-5-17(33-2)16(24)10-13/h4-5,10-11,14H,3,6-9,12H2,1-2H3,(H,28,29,30). The van der Waals surface area contributed by atoms with E-state index in [1.54, 1.807) is 25.1 Å². The first-order valence-corrected chi connectivity index (χ1v) is 12.4. The minimum atomic E-state index is -4.49. The van der Waals surface area contributed by atoms with E-state index in [0.29, 0.717) is 59.8 Å². The molecule has 8 nitrogen and oxygen atoms in total. The van der Waals surface area contributed by atoms with Gasteiger partial charge in [0, 0.05) is 32.5 Å². The van der Waals surface area contributed by atoms with Crippen LogP contribution in [0.5, 0.6) is 5.75 Å². The molecule has 0 aliphatic carbocycles. The van der Waals surface area contributed by atoms with Crippen LogP contribution >= 0.6 is 22.9 Å². The number of methoxy groups -OCH3 is 1. The second-order valence-corrected chi connectivity index (χ2v) is 9.45. The van der Waals surface area contributed by atoms with Crippen LogP contribution in [0.1, 0.15) is 30.2 Å². The predicted octanol–water partition coefficient (Wildman–Crippen LogP) is 6.13. The lowest BCUT2D eigenvalue weighted by Crippen LogP contribution is -2.39. The van der Waals surface area contributed by atoms with Crippen LogP contribution in [-0.4, -0.2) is 49.0 Å². The summed E-state index contributed by atoms with van der Waals surface area (Å²) >= 11 is 6.77. The Kier molecular flexibility index (Phi) is 7.94. The number of alkyl halides is 3. The van der Waals surface area contributed by atoms with Crippen LogP contribution in [-0.2, 0) is 22.2 Å². The Labute approximate surface area is 214 Å². The van der Waals surface area contributed by atoms with Crippen molar-refractivity contribution in [2.45, 2.75) is 38.6 Å². The number of carbonyl (C=O) groups is 1. The molecule has 13 heteroatoms. The Morgan fingerprint density at radius 3 is 2.64 bits per heavy atom. The van der Waals surface area contributed by atoms with Crippen LogP contribution in [0, 0.1) is 0 Å². The van der Waals surface area contributed by atoms with Crippen LogP contribution in [0.25, 0.3) is 10.2 Å². The van der Waals surface area contributed by atoms with Crippen molar-refractivity contribution in [3.8, 4) is 5.75 Å². The average Bonchev–Trinajstić information content (AvgIpc) is 3.28. The molecule has 3 heterocycles. The minimum Gasteiger partial charge on any atom is -0.495 e. The molecule has 0 atom stereocenters. The summed E-state index contributed by atoms with van der Waals surface area (Å²) < 4.78 is 55.6. The van der Waals surface area contributed by atoms with E-state index in [-0.39, 0.29) is 29.5 Å². The molecule has 0 saturated carbocycles. The molecule has 36 heavy (non-hydrogen) atoms. The Hall–Kier alpha value is -2.99. The number of rotatable bonds is 7. The topological polar surface area (TPSA) is 85.8 Å². The first kappa shape index (κ1) is 26.1. The van der Waals surface area contributed by atoms with Crippen molar-refractivity contribution in [3.05, 3.63) is 39.7 Å². The zero-order chi connectivity index (χ0) is 25.9.